The smallest absolute Gasteiger partial charge is 0.212 e. The Morgan fingerprint density at radius 3 is 2.67 bits per heavy atom. The normalized spacial score (nSPS) is 12.2. The number of nitrogens with one attached hydrogen (secondary N) is 1. The van der Waals surface area contributed by atoms with Gasteiger partial charge in [0, 0.05) is 10.0 Å². The van der Waals surface area contributed by atoms with Crippen molar-refractivity contribution in [3.8, 4) is 0 Å². The minimum Gasteiger partial charge on any atom is -0.377 e. The molecule has 18 heavy (non-hydrogen) atoms. The molecule has 1 aromatic carbocycles. The second-order valence-electron chi connectivity index (χ2n) is 3.90. The van der Waals surface area contributed by atoms with E-state index in [1.807, 2.05) is 6.92 Å². The summed E-state index contributed by atoms with van der Waals surface area (Å²) in [7, 11) is 0. The third-order valence-electron chi connectivity index (χ3n) is 2.54. The molecular formula is C13H11Cl2FN2. The lowest BCUT2D eigenvalue weighted by Crippen LogP contribution is -2.07. The summed E-state index contributed by atoms with van der Waals surface area (Å²) < 4.78 is 12.7. The Kier molecular flexibility index (Phi) is 4.04. The van der Waals surface area contributed by atoms with Crippen molar-refractivity contribution in [3.63, 3.8) is 0 Å². The molecule has 0 spiro atoms. The number of hydrogen-bond acceptors (Lipinski definition) is 2. The van der Waals surface area contributed by atoms with Crippen LogP contribution < -0.4 is 5.32 Å². The first-order valence-corrected chi connectivity index (χ1v) is 6.15. The van der Waals surface area contributed by atoms with E-state index < -0.39 is 5.95 Å². The van der Waals surface area contributed by atoms with Crippen LogP contribution in [0.2, 0.25) is 10.0 Å². The molecule has 1 atom stereocenters. The Morgan fingerprint density at radius 2 is 2.00 bits per heavy atom. The van der Waals surface area contributed by atoms with E-state index in [9.17, 15) is 4.39 Å². The molecular weight excluding hydrogens is 274 g/mol. The summed E-state index contributed by atoms with van der Waals surface area (Å²) in [5, 5.41) is 4.44. The number of halogens is 3. The van der Waals surface area contributed by atoms with Crippen LogP contribution in [0.4, 0.5) is 10.1 Å². The molecule has 5 heteroatoms. The van der Waals surface area contributed by atoms with Crippen molar-refractivity contribution < 1.29 is 4.39 Å². The maximum absolute atomic E-state index is 12.7. The SMILES string of the molecule is CC(Nc1ccc(F)nc1)c1cc(Cl)ccc1Cl. The molecule has 0 aliphatic rings. The van der Waals surface area contributed by atoms with Crippen LogP contribution >= 0.6 is 23.2 Å². The highest BCUT2D eigenvalue weighted by Crippen LogP contribution is 2.28. The lowest BCUT2D eigenvalue weighted by Gasteiger charge is -2.17. The van der Waals surface area contributed by atoms with Crippen molar-refractivity contribution in [2.45, 2.75) is 13.0 Å². The van der Waals surface area contributed by atoms with Gasteiger partial charge >= 0.3 is 0 Å². The number of benzene rings is 1. The predicted molar refractivity (Wildman–Crippen MR) is 72.7 cm³/mol. The second-order valence-corrected chi connectivity index (χ2v) is 4.75. The lowest BCUT2D eigenvalue weighted by atomic mass is 10.1. The number of anilines is 1. The Labute approximate surface area is 115 Å². The van der Waals surface area contributed by atoms with Gasteiger partial charge in [-0.25, -0.2) is 4.98 Å². The second kappa shape index (κ2) is 5.55. The number of hydrogen-bond donors (Lipinski definition) is 1. The molecule has 1 unspecified atom stereocenters. The van der Waals surface area contributed by atoms with Gasteiger partial charge in [-0.1, -0.05) is 23.2 Å². The molecule has 0 amide bonds. The molecule has 2 nitrogen and oxygen atoms in total. The van der Waals surface area contributed by atoms with Crippen molar-refractivity contribution in [1.82, 2.24) is 4.98 Å². The summed E-state index contributed by atoms with van der Waals surface area (Å²) in [5.74, 6) is -0.506. The Morgan fingerprint density at radius 1 is 1.22 bits per heavy atom. The van der Waals surface area contributed by atoms with Crippen LogP contribution in [0.3, 0.4) is 0 Å². The van der Waals surface area contributed by atoms with Gasteiger partial charge in [0.1, 0.15) is 0 Å². The Balaban J connectivity index is 2.18. The van der Waals surface area contributed by atoms with Gasteiger partial charge in [-0.15, -0.1) is 0 Å². The number of aromatic nitrogens is 1. The fraction of sp³-hybridized carbons (Fsp3) is 0.154. The topological polar surface area (TPSA) is 24.9 Å². The molecule has 94 valence electrons. The molecule has 0 saturated carbocycles. The first-order valence-electron chi connectivity index (χ1n) is 5.39. The molecule has 0 fully saturated rings. The first-order chi connectivity index (χ1) is 8.56. The predicted octanol–water partition coefficient (Wildman–Crippen LogP) is 4.70. The number of rotatable bonds is 3. The van der Waals surface area contributed by atoms with E-state index in [4.69, 9.17) is 23.2 Å². The summed E-state index contributed by atoms with van der Waals surface area (Å²) in [6.45, 7) is 1.95. The number of nitrogens with zero attached hydrogens (tertiary/aromatic N) is 1. The van der Waals surface area contributed by atoms with E-state index in [1.54, 1.807) is 24.3 Å². The Bertz CT molecular complexity index is 543. The van der Waals surface area contributed by atoms with Crippen LogP contribution in [-0.4, -0.2) is 4.98 Å². The van der Waals surface area contributed by atoms with E-state index >= 15 is 0 Å². The van der Waals surface area contributed by atoms with Gasteiger partial charge in [-0.3, -0.25) is 0 Å². The summed E-state index contributed by atoms with van der Waals surface area (Å²) in [4.78, 5) is 3.58. The average Bonchev–Trinajstić information content (AvgIpc) is 2.35. The molecule has 1 aromatic heterocycles. The summed E-state index contributed by atoms with van der Waals surface area (Å²) in [5.41, 5.74) is 1.61. The largest absolute Gasteiger partial charge is 0.377 e. The maximum atomic E-state index is 12.7. The van der Waals surface area contributed by atoms with E-state index in [1.165, 1.54) is 12.3 Å². The van der Waals surface area contributed by atoms with E-state index in [2.05, 4.69) is 10.3 Å². The van der Waals surface area contributed by atoms with Crippen molar-refractivity contribution in [1.29, 1.82) is 0 Å². The van der Waals surface area contributed by atoms with Gasteiger partial charge < -0.3 is 5.32 Å². The van der Waals surface area contributed by atoms with Crippen LogP contribution in [0.5, 0.6) is 0 Å². The van der Waals surface area contributed by atoms with Gasteiger partial charge in [0.05, 0.1) is 17.9 Å². The van der Waals surface area contributed by atoms with Crippen LogP contribution in [0.25, 0.3) is 0 Å². The number of pyridine rings is 1. The Hall–Kier alpha value is -1.32. The molecule has 2 aromatic rings. The van der Waals surface area contributed by atoms with Gasteiger partial charge in [0.15, 0.2) is 0 Å². The zero-order chi connectivity index (χ0) is 13.1. The molecule has 0 bridgehead atoms. The maximum Gasteiger partial charge on any atom is 0.212 e. The quantitative estimate of drug-likeness (QED) is 0.827. The third kappa shape index (κ3) is 3.12. The highest BCUT2D eigenvalue weighted by Gasteiger charge is 2.10. The van der Waals surface area contributed by atoms with Crippen molar-refractivity contribution >= 4 is 28.9 Å². The molecule has 1 heterocycles. The fourth-order valence-electron chi connectivity index (χ4n) is 1.64. The lowest BCUT2D eigenvalue weighted by molar-refractivity contribution is 0.584. The monoisotopic (exact) mass is 284 g/mol. The van der Waals surface area contributed by atoms with Gasteiger partial charge in [-0.05, 0) is 42.8 Å². The first kappa shape index (κ1) is 13.1. The molecule has 1 N–H and O–H groups in total. The van der Waals surface area contributed by atoms with Crippen LogP contribution in [-0.2, 0) is 0 Å². The van der Waals surface area contributed by atoms with E-state index in [-0.39, 0.29) is 6.04 Å². The molecule has 0 saturated heterocycles. The van der Waals surface area contributed by atoms with E-state index in [0.717, 1.165) is 11.3 Å². The van der Waals surface area contributed by atoms with Crippen LogP contribution in [0, 0.1) is 5.95 Å². The molecule has 2 rings (SSSR count). The summed E-state index contributed by atoms with van der Waals surface area (Å²) in [6.07, 6.45) is 1.43. The molecule has 0 radical (unpaired) electrons. The zero-order valence-electron chi connectivity index (χ0n) is 9.62. The zero-order valence-corrected chi connectivity index (χ0v) is 11.1. The molecule has 0 aliphatic heterocycles. The van der Waals surface area contributed by atoms with Crippen molar-refractivity contribution in [2.75, 3.05) is 5.32 Å². The minimum absolute atomic E-state index is 0.0524. The van der Waals surface area contributed by atoms with Gasteiger partial charge in [0.25, 0.3) is 0 Å². The van der Waals surface area contributed by atoms with Gasteiger partial charge in [-0.2, -0.15) is 4.39 Å². The highest BCUT2D eigenvalue weighted by atomic mass is 35.5. The van der Waals surface area contributed by atoms with Crippen molar-refractivity contribution in [2.24, 2.45) is 0 Å². The standard InChI is InChI=1S/C13H11Cl2FN2/c1-8(11-6-9(14)2-4-12(11)15)18-10-3-5-13(16)17-7-10/h2-8,18H,1H3. The van der Waals surface area contributed by atoms with Crippen molar-refractivity contribution in [3.05, 3.63) is 58.1 Å². The summed E-state index contributed by atoms with van der Waals surface area (Å²) >= 11 is 12.0. The third-order valence-corrected chi connectivity index (χ3v) is 3.11. The van der Waals surface area contributed by atoms with Crippen LogP contribution in [0.15, 0.2) is 36.5 Å². The molecule has 0 aliphatic carbocycles. The highest BCUT2D eigenvalue weighted by molar-refractivity contribution is 6.33. The van der Waals surface area contributed by atoms with Crippen LogP contribution in [0.1, 0.15) is 18.5 Å². The fourth-order valence-corrected chi connectivity index (χ4v) is 2.10. The summed E-state index contributed by atoms with van der Waals surface area (Å²) in [6, 6.07) is 8.16. The van der Waals surface area contributed by atoms with Gasteiger partial charge in [0.2, 0.25) is 5.95 Å². The minimum atomic E-state index is -0.506. The van der Waals surface area contributed by atoms with E-state index in [0.29, 0.717) is 10.0 Å². The average molecular weight is 285 g/mol.